The lowest BCUT2D eigenvalue weighted by atomic mass is 10.2. The third-order valence-corrected chi connectivity index (χ3v) is 1.72. The highest BCUT2D eigenvalue weighted by Crippen LogP contribution is 2.01. The zero-order valence-electron chi connectivity index (χ0n) is 5.02. The quantitative estimate of drug-likeness (QED) is 0.482. The molecule has 1 heterocycles. The molecule has 1 N–H and O–H groups in total. The predicted octanol–water partition coefficient (Wildman–Crippen LogP) is -0.553. The standard InChI is InChI=1S/C5H11NOS/c1-2-5-3-4-6(8)7-5/h5-6H,2-4H2,1H3. The minimum atomic E-state index is 0.433. The van der Waals surface area contributed by atoms with Gasteiger partial charge in [-0.15, -0.1) is 0 Å². The van der Waals surface area contributed by atoms with Gasteiger partial charge in [0.25, 0.3) is 0 Å². The lowest BCUT2D eigenvalue weighted by molar-refractivity contribution is -0.963. The Morgan fingerprint density at radius 3 is 2.88 bits per heavy atom. The maximum Gasteiger partial charge on any atom is 0.120 e. The molecule has 3 heteroatoms. The molecule has 1 fully saturated rings. The van der Waals surface area contributed by atoms with Crippen LogP contribution in [0.3, 0.4) is 0 Å². The minimum Gasteiger partial charge on any atom is -0.455 e. The van der Waals surface area contributed by atoms with E-state index in [0.29, 0.717) is 6.10 Å². The van der Waals surface area contributed by atoms with Crippen LogP contribution in [0, 0.1) is 0 Å². The van der Waals surface area contributed by atoms with Gasteiger partial charge in [-0.05, 0) is 6.42 Å². The zero-order chi connectivity index (χ0) is 5.98. The molecular weight excluding hydrogens is 122 g/mol. The van der Waals surface area contributed by atoms with Gasteiger partial charge in [-0.3, -0.25) is 0 Å². The molecule has 0 radical (unpaired) electrons. The van der Waals surface area contributed by atoms with Gasteiger partial charge in [0, 0.05) is 6.42 Å². The number of hydrogen-bond donors (Lipinski definition) is 1. The van der Waals surface area contributed by atoms with Crippen molar-refractivity contribution in [1.29, 1.82) is 0 Å². The first-order valence-electron chi connectivity index (χ1n) is 3.02. The Labute approximate surface area is 55.3 Å². The monoisotopic (exact) mass is 133 g/mol. The highest BCUT2D eigenvalue weighted by molar-refractivity contribution is 7.51. The van der Waals surface area contributed by atoms with Crippen LogP contribution in [-0.4, -0.2) is 12.6 Å². The van der Waals surface area contributed by atoms with E-state index in [-0.39, 0.29) is 0 Å². The molecule has 0 saturated carbocycles. The van der Waals surface area contributed by atoms with Gasteiger partial charge in [0.1, 0.15) is 6.10 Å². The normalized spacial score (nSPS) is 38.2. The first-order chi connectivity index (χ1) is 3.83. The van der Waals surface area contributed by atoms with E-state index in [9.17, 15) is 0 Å². The molecule has 0 spiro atoms. The summed E-state index contributed by atoms with van der Waals surface area (Å²) in [6, 6.07) is 0. The molecule has 2 unspecified atom stereocenters. The summed E-state index contributed by atoms with van der Waals surface area (Å²) in [6.45, 7) is 3.12. The topological polar surface area (TPSA) is 13.7 Å². The van der Waals surface area contributed by atoms with E-state index >= 15 is 0 Å². The fourth-order valence-electron chi connectivity index (χ4n) is 0.870. The van der Waals surface area contributed by atoms with E-state index < -0.39 is 0 Å². The second kappa shape index (κ2) is 2.71. The number of nitrogens with one attached hydrogen (secondary N) is 1. The van der Waals surface area contributed by atoms with Crippen LogP contribution in [0.1, 0.15) is 19.8 Å². The maximum absolute atomic E-state index is 5.24. The largest absolute Gasteiger partial charge is 0.455 e. The summed E-state index contributed by atoms with van der Waals surface area (Å²) in [4.78, 5) is 5.24. The molecule has 0 aromatic heterocycles. The Morgan fingerprint density at radius 2 is 2.62 bits per heavy atom. The molecule has 48 valence electrons. The van der Waals surface area contributed by atoms with E-state index in [4.69, 9.17) is 17.7 Å². The maximum atomic E-state index is 5.24. The average Bonchev–Trinajstić information content (AvgIpc) is 2.14. The van der Waals surface area contributed by atoms with Crippen molar-refractivity contribution in [2.24, 2.45) is 0 Å². The van der Waals surface area contributed by atoms with Gasteiger partial charge < -0.3 is 17.3 Å². The number of quaternary nitrogens is 1. The summed E-state index contributed by atoms with van der Waals surface area (Å²) in [5.74, 6) is 0. The van der Waals surface area contributed by atoms with Crippen molar-refractivity contribution in [3.63, 3.8) is 0 Å². The van der Waals surface area contributed by atoms with Gasteiger partial charge in [0.15, 0.2) is 0 Å². The van der Waals surface area contributed by atoms with Crippen molar-refractivity contribution in [2.75, 3.05) is 6.54 Å². The molecule has 1 aliphatic rings. The first-order valence-corrected chi connectivity index (χ1v) is 3.43. The Balaban J connectivity index is 2.22. The molecule has 2 atom stereocenters. The van der Waals surface area contributed by atoms with Crippen molar-refractivity contribution < 1.29 is 9.31 Å². The Morgan fingerprint density at radius 1 is 1.88 bits per heavy atom. The van der Waals surface area contributed by atoms with Gasteiger partial charge in [0.05, 0.1) is 6.54 Å². The molecular formula is C5H11NOS. The predicted molar refractivity (Wildman–Crippen MR) is 33.0 cm³/mol. The summed E-state index contributed by atoms with van der Waals surface area (Å²) in [5, 5.41) is 0. The molecule has 0 aliphatic carbocycles. The van der Waals surface area contributed by atoms with E-state index in [1.165, 1.54) is 0 Å². The molecule has 0 aromatic carbocycles. The summed E-state index contributed by atoms with van der Waals surface area (Å²) in [6.07, 6.45) is 2.66. The molecule has 0 amide bonds. The van der Waals surface area contributed by atoms with Crippen LogP contribution in [0.25, 0.3) is 0 Å². The molecule has 8 heavy (non-hydrogen) atoms. The van der Waals surface area contributed by atoms with Crippen LogP contribution in [0.2, 0.25) is 0 Å². The van der Waals surface area contributed by atoms with Gasteiger partial charge in [-0.2, -0.15) is 0 Å². The van der Waals surface area contributed by atoms with Crippen LogP contribution >= 0.6 is 0 Å². The van der Waals surface area contributed by atoms with Crippen molar-refractivity contribution in [3.8, 4) is 0 Å². The van der Waals surface area contributed by atoms with Crippen LogP contribution < -0.4 is 4.47 Å². The SMILES string of the molecule is CCC1CC[NH+]([S-])O1. The average molecular weight is 133 g/mol. The van der Waals surface area contributed by atoms with Crippen molar-refractivity contribution >= 4 is 12.8 Å². The highest BCUT2D eigenvalue weighted by atomic mass is 32.1. The Bertz CT molecular complexity index is 78.8. The van der Waals surface area contributed by atoms with E-state index in [0.717, 1.165) is 23.9 Å². The van der Waals surface area contributed by atoms with E-state index in [1.807, 2.05) is 0 Å². The fourth-order valence-corrected chi connectivity index (χ4v) is 1.12. The van der Waals surface area contributed by atoms with E-state index in [2.05, 4.69) is 6.92 Å². The highest BCUT2D eigenvalue weighted by Gasteiger charge is 2.18. The molecule has 2 nitrogen and oxygen atoms in total. The zero-order valence-corrected chi connectivity index (χ0v) is 5.83. The van der Waals surface area contributed by atoms with Crippen LogP contribution in [-0.2, 0) is 17.7 Å². The van der Waals surface area contributed by atoms with Crippen LogP contribution in [0.5, 0.6) is 0 Å². The summed E-state index contributed by atoms with van der Waals surface area (Å²) < 4.78 is 0.803. The second-order valence-corrected chi connectivity index (χ2v) is 2.51. The number of hydrogen-bond acceptors (Lipinski definition) is 2. The summed E-state index contributed by atoms with van der Waals surface area (Å²) in [5.41, 5.74) is 0. The molecule has 0 aromatic rings. The molecule has 0 bridgehead atoms. The van der Waals surface area contributed by atoms with Gasteiger partial charge in [-0.25, -0.2) is 4.84 Å². The number of hydroxylamine groups is 1. The van der Waals surface area contributed by atoms with Crippen molar-refractivity contribution in [1.82, 2.24) is 0 Å². The Kier molecular flexibility index (Phi) is 2.16. The minimum absolute atomic E-state index is 0.433. The third-order valence-electron chi connectivity index (χ3n) is 1.42. The van der Waals surface area contributed by atoms with E-state index in [1.54, 1.807) is 0 Å². The number of rotatable bonds is 1. The Hall–Kier alpha value is 0.270. The van der Waals surface area contributed by atoms with Gasteiger partial charge in [0.2, 0.25) is 0 Å². The van der Waals surface area contributed by atoms with Gasteiger partial charge in [-0.1, -0.05) is 6.92 Å². The molecule has 1 aliphatic heterocycles. The van der Waals surface area contributed by atoms with Crippen LogP contribution in [0.15, 0.2) is 0 Å². The fraction of sp³-hybridized carbons (Fsp3) is 1.00. The van der Waals surface area contributed by atoms with Crippen LogP contribution in [0.4, 0.5) is 0 Å². The smallest absolute Gasteiger partial charge is 0.120 e. The second-order valence-electron chi connectivity index (χ2n) is 2.06. The lowest BCUT2D eigenvalue weighted by Gasteiger charge is -2.12. The summed E-state index contributed by atoms with van der Waals surface area (Å²) in [7, 11) is 0. The summed E-state index contributed by atoms with van der Waals surface area (Å²) >= 11 is 4.84. The molecule has 1 saturated heterocycles. The van der Waals surface area contributed by atoms with Gasteiger partial charge >= 0.3 is 0 Å². The third kappa shape index (κ3) is 1.37. The lowest BCUT2D eigenvalue weighted by Crippen LogP contribution is -3.04. The first kappa shape index (κ1) is 6.39. The molecule has 1 rings (SSSR count). The van der Waals surface area contributed by atoms with Crippen molar-refractivity contribution in [3.05, 3.63) is 0 Å². The van der Waals surface area contributed by atoms with Crippen molar-refractivity contribution in [2.45, 2.75) is 25.9 Å².